The molecule has 0 aliphatic heterocycles. The fraction of sp³-hybridized carbons (Fsp3) is 0.158. The summed E-state index contributed by atoms with van der Waals surface area (Å²) in [5.41, 5.74) is 2.17. The minimum atomic E-state index is -0.601. The van der Waals surface area contributed by atoms with E-state index in [4.69, 9.17) is 21.1 Å². The van der Waals surface area contributed by atoms with E-state index in [0.29, 0.717) is 28.6 Å². The monoisotopic (exact) mass is 400 g/mol. The van der Waals surface area contributed by atoms with E-state index in [2.05, 4.69) is 15.4 Å². The highest BCUT2D eigenvalue weighted by Crippen LogP contribution is 2.23. The molecule has 0 saturated heterocycles. The molecule has 144 valence electrons. The van der Waals surface area contributed by atoms with Gasteiger partial charge in [-0.3, -0.25) is 4.79 Å². The maximum absolute atomic E-state index is 12.3. The summed E-state index contributed by atoms with van der Waals surface area (Å²) in [5.74, 6) is -1.11. The molecule has 0 radical (unpaired) electrons. The standard InChI is InChI=1S/C19H17ClN4O4/c1-27-9-13-3-2-4-14(7-13)19(26)28-10-18(25)23-16-8-15(20)5-6-17(16)24-12-21-11-22-24/h2-8,11-12H,9-10H2,1H3,(H,23,25). The molecule has 1 N–H and O–H groups in total. The third kappa shape index (κ3) is 4.93. The fourth-order valence-corrected chi connectivity index (χ4v) is 2.67. The first-order chi connectivity index (χ1) is 13.6. The first kappa shape index (κ1) is 19.5. The fourth-order valence-electron chi connectivity index (χ4n) is 2.50. The maximum Gasteiger partial charge on any atom is 0.338 e. The van der Waals surface area contributed by atoms with E-state index in [-0.39, 0.29) is 0 Å². The number of amides is 1. The van der Waals surface area contributed by atoms with Crippen molar-refractivity contribution >= 4 is 29.2 Å². The molecular weight excluding hydrogens is 384 g/mol. The lowest BCUT2D eigenvalue weighted by molar-refractivity contribution is -0.119. The molecule has 0 spiro atoms. The number of hydrogen-bond acceptors (Lipinski definition) is 6. The first-order valence-electron chi connectivity index (χ1n) is 8.26. The maximum atomic E-state index is 12.3. The number of aromatic nitrogens is 3. The molecule has 0 saturated carbocycles. The molecule has 3 aromatic rings. The zero-order chi connectivity index (χ0) is 19.9. The van der Waals surface area contributed by atoms with Crippen LogP contribution in [-0.2, 0) is 20.9 Å². The molecule has 0 aliphatic rings. The number of ether oxygens (including phenoxy) is 2. The van der Waals surface area contributed by atoms with Crippen molar-refractivity contribution < 1.29 is 19.1 Å². The van der Waals surface area contributed by atoms with E-state index in [9.17, 15) is 9.59 Å². The Morgan fingerprint density at radius 3 is 2.82 bits per heavy atom. The lowest BCUT2D eigenvalue weighted by atomic mass is 10.1. The topological polar surface area (TPSA) is 95.3 Å². The second-order valence-electron chi connectivity index (χ2n) is 5.76. The van der Waals surface area contributed by atoms with Crippen molar-refractivity contribution in [1.29, 1.82) is 0 Å². The van der Waals surface area contributed by atoms with Gasteiger partial charge in [-0.1, -0.05) is 23.7 Å². The Balaban J connectivity index is 1.64. The van der Waals surface area contributed by atoms with Gasteiger partial charge in [-0.15, -0.1) is 0 Å². The number of methoxy groups -OCH3 is 1. The zero-order valence-corrected chi connectivity index (χ0v) is 15.7. The molecule has 2 aromatic carbocycles. The highest BCUT2D eigenvalue weighted by Gasteiger charge is 2.14. The number of nitrogens with zero attached hydrogens (tertiary/aromatic N) is 3. The van der Waals surface area contributed by atoms with Crippen LogP contribution in [0.5, 0.6) is 0 Å². The van der Waals surface area contributed by atoms with Gasteiger partial charge in [0, 0.05) is 12.1 Å². The third-order valence-electron chi connectivity index (χ3n) is 3.71. The van der Waals surface area contributed by atoms with Crippen LogP contribution in [0.2, 0.25) is 5.02 Å². The average Bonchev–Trinajstić information content (AvgIpc) is 3.21. The van der Waals surface area contributed by atoms with Crippen molar-refractivity contribution in [2.24, 2.45) is 0 Å². The molecule has 0 fully saturated rings. The Bertz CT molecular complexity index is 976. The van der Waals surface area contributed by atoms with E-state index in [1.807, 2.05) is 6.07 Å². The van der Waals surface area contributed by atoms with Crippen LogP contribution < -0.4 is 5.32 Å². The van der Waals surface area contributed by atoms with Crippen molar-refractivity contribution in [3.63, 3.8) is 0 Å². The van der Waals surface area contributed by atoms with Gasteiger partial charge in [0.1, 0.15) is 12.7 Å². The van der Waals surface area contributed by atoms with Crippen molar-refractivity contribution in [1.82, 2.24) is 14.8 Å². The molecule has 1 amide bonds. The SMILES string of the molecule is COCc1cccc(C(=O)OCC(=O)Nc2cc(Cl)ccc2-n2cncn2)c1. The Hall–Kier alpha value is -3.23. The number of carbonyl (C=O) groups excluding carboxylic acids is 2. The Labute approximate surface area is 166 Å². The highest BCUT2D eigenvalue weighted by molar-refractivity contribution is 6.31. The van der Waals surface area contributed by atoms with Crippen molar-refractivity contribution in [3.05, 3.63) is 71.3 Å². The van der Waals surface area contributed by atoms with Crippen LogP contribution in [0.15, 0.2) is 55.1 Å². The van der Waals surface area contributed by atoms with Crippen LogP contribution in [0, 0.1) is 0 Å². The molecule has 0 aliphatic carbocycles. The van der Waals surface area contributed by atoms with Crippen LogP contribution in [0.25, 0.3) is 5.69 Å². The number of carbonyl (C=O) groups is 2. The Kier molecular flexibility index (Phi) is 6.36. The van der Waals surface area contributed by atoms with E-state index in [0.717, 1.165) is 5.56 Å². The van der Waals surface area contributed by atoms with Crippen molar-refractivity contribution in [2.75, 3.05) is 19.0 Å². The van der Waals surface area contributed by atoms with Crippen LogP contribution in [-0.4, -0.2) is 40.4 Å². The van der Waals surface area contributed by atoms with Gasteiger partial charge in [0.05, 0.1) is 23.5 Å². The average molecular weight is 401 g/mol. The van der Waals surface area contributed by atoms with Gasteiger partial charge in [-0.25, -0.2) is 14.5 Å². The van der Waals surface area contributed by atoms with Gasteiger partial charge in [0.2, 0.25) is 0 Å². The second kappa shape index (κ2) is 9.12. The molecule has 9 heteroatoms. The molecule has 0 unspecified atom stereocenters. The number of rotatable bonds is 7. The molecule has 28 heavy (non-hydrogen) atoms. The van der Waals surface area contributed by atoms with Gasteiger partial charge >= 0.3 is 5.97 Å². The number of hydrogen-bond donors (Lipinski definition) is 1. The van der Waals surface area contributed by atoms with Gasteiger partial charge in [0.15, 0.2) is 6.61 Å². The molecule has 0 atom stereocenters. The molecule has 1 heterocycles. The lowest BCUT2D eigenvalue weighted by Crippen LogP contribution is -2.22. The molecule has 1 aromatic heterocycles. The summed E-state index contributed by atoms with van der Waals surface area (Å²) in [7, 11) is 1.57. The number of nitrogens with one attached hydrogen (secondary N) is 1. The summed E-state index contributed by atoms with van der Waals surface area (Å²) in [4.78, 5) is 28.3. The number of esters is 1. The summed E-state index contributed by atoms with van der Waals surface area (Å²) >= 11 is 6.02. The minimum Gasteiger partial charge on any atom is -0.452 e. The Morgan fingerprint density at radius 2 is 2.07 bits per heavy atom. The zero-order valence-electron chi connectivity index (χ0n) is 15.0. The van der Waals surface area contributed by atoms with Crippen molar-refractivity contribution in [3.8, 4) is 5.69 Å². The number of benzene rings is 2. The predicted molar refractivity (Wildman–Crippen MR) is 102 cm³/mol. The van der Waals surface area contributed by atoms with Crippen LogP contribution in [0.3, 0.4) is 0 Å². The van der Waals surface area contributed by atoms with Gasteiger partial charge in [-0.2, -0.15) is 5.10 Å². The smallest absolute Gasteiger partial charge is 0.338 e. The van der Waals surface area contributed by atoms with Gasteiger partial charge in [0.25, 0.3) is 5.91 Å². The third-order valence-corrected chi connectivity index (χ3v) is 3.94. The summed E-state index contributed by atoms with van der Waals surface area (Å²) in [5, 5.41) is 7.14. The quantitative estimate of drug-likeness (QED) is 0.613. The molecule has 3 rings (SSSR count). The van der Waals surface area contributed by atoms with E-state index in [1.165, 1.54) is 17.3 Å². The second-order valence-corrected chi connectivity index (χ2v) is 6.20. The predicted octanol–water partition coefficient (Wildman–Crippen LogP) is 2.86. The summed E-state index contributed by atoms with van der Waals surface area (Å²) in [6.45, 7) is -0.0713. The molecule has 0 bridgehead atoms. The van der Waals surface area contributed by atoms with E-state index < -0.39 is 18.5 Å². The van der Waals surface area contributed by atoms with E-state index >= 15 is 0 Å². The molecular formula is C19H17ClN4O4. The summed E-state index contributed by atoms with van der Waals surface area (Å²) in [6.07, 6.45) is 2.87. The highest BCUT2D eigenvalue weighted by atomic mass is 35.5. The normalized spacial score (nSPS) is 10.5. The largest absolute Gasteiger partial charge is 0.452 e. The number of anilines is 1. The summed E-state index contributed by atoms with van der Waals surface area (Å²) < 4.78 is 11.6. The molecule has 8 nitrogen and oxygen atoms in total. The van der Waals surface area contributed by atoms with Crippen LogP contribution in [0.1, 0.15) is 15.9 Å². The van der Waals surface area contributed by atoms with E-state index in [1.54, 1.807) is 43.5 Å². The lowest BCUT2D eigenvalue weighted by Gasteiger charge is -2.12. The Morgan fingerprint density at radius 1 is 1.21 bits per heavy atom. The first-order valence-corrected chi connectivity index (χ1v) is 8.64. The van der Waals surface area contributed by atoms with Crippen LogP contribution in [0.4, 0.5) is 5.69 Å². The van der Waals surface area contributed by atoms with Crippen LogP contribution >= 0.6 is 11.6 Å². The van der Waals surface area contributed by atoms with Gasteiger partial charge in [-0.05, 0) is 35.9 Å². The summed E-state index contributed by atoms with van der Waals surface area (Å²) in [6, 6.07) is 11.8. The van der Waals surface area contributed by atoms with Gasteiger partial charge < -0.3 is 14.8 Å². The van der Waals surface area contributed by atoms with Crippen molar-refractivity contribution in [2.45, 2.75) is 6.61 Å². The number of halogens is 1. The minimum absolute atomic E-state index is 0.341.